The fourth-order valence-corrected chi connectivity index (χ4v) is 11.1. The predicted octanol–water partition coefficient (Wildman–Crippen LogP) is 13.5. The number of nitrogens with zero attached hydrogens (tertiary/aromatic N) is 1. The number of fused-ring (bicyclic) bond motifs is 11. The van der Waals surface area contributed by atoms with Crippen molar-refractivity contribution in [1.82, 2.24) is 20.7 Å². The SMILES string of the molecule is CC1(C)c2ccccc2C2(c3ccccc3-n3c4ccccc4c4cccc2c43)c2ccc(CNNC(NCc3ccc(-c4ccccc4)cc3)c3ccc(-c4ccccc4)cc3)cc21. The highest BCUT2D eigenvalue weighted by atomic mass is 15.4. The molecule has 1 spiro atoms. The zero-order valence-electron chi connectivity index (χ0n) is 36.7. The van der Waals surface area contributed by atoms with Crippen LogP contribution in [0.4, 0.5) is 0 Å². The van der Waals surface area contributed by atoms with Crippen molar-refractivity contribution in [2.45, 2.75) is 43.9 Å². The summed E-state index contributed by atoms with van der Waals surface area (Å²) in [4.78, 5) is 0. The van der Waals surface area contributed by atoms with Crippen LogP contribution in [0.3, 0.4) is 0 Å². The first-order valence-corrected chi connectivity index (χ1v) is 22.9. The lowest BCUT2D eigenvalue weighted by molar-refractivity contribution is 0.373. The van der Waals surface area contributed by atoms with E-state index in [0.29, 0.717) is 13.1 Å². The van der Waals surface area contributed by atoms with Crippen molar-refractivity contribution in [1.29, 1.82) is 0 Å². The van der Waals surface area contributed by atoms with Gasteiger partial charge in [0.2, 0.25) is 0 Å². The molecule has 9 aromatic carbocycles. The summed E-state index contributed by atoms with van der Waals surface area (Å²) in [5.41, 5.74) is 27.0. The molecule has 1 aromatic heterocycles. The summed E-state index contributed by atoms with van der Waals surface area (Å²) in [6.07, 6.45) is -0.149. The molecule has 12 rings (SSSR count). The Morgan fingerprint density at radius 1 is 0.431 bits per heavy atom. The summed E-state index contributed by atoms with van der Waals surface area (Å²) in [5.74, 6) is 0. The Hall–Kier alpha value is -7.34. The van der Waals surface area contributed by atoms with Crippen LogP contribution in [-0.2, 0) is 23.9 Å². The summed E-state index contributed by atoms with van der Waals surface area (Å²) in [7, 11) is 0. The van der Waals surface area contributed by atoms with Crippen molar-refractivity contribution < 1.29 is 0 Å². The molecule has 0 fully saturated rings. The van der Waals surface area contributed by atoms with Crippen LogP contribution in [-0.4, -0.2) is 4.57 Å². The maximum absolute atomic E-state index is 3.83. The first-order valence-electron chi connectivity index (χ1n) is 22.9. The van der Waals surface area contributed by atoms with Gasteiger partial charge in [-0.15, -0.1) is 0 Å². The van der Waals surface area contributed by atoms with E-state index in [2.05, 4.69) is 253 Å². The minimum Gasteiger partial charge on any atom is -0.309 e. The normalized spacial score (nSPS) is 16.0. The zero-order valence-corrected chi connectivity index (χ0v) is 36.7. The number of para-hydroxylation sites is 3. The quantitative estimate of drug-likeness (QED) is 0.0949. The zero-order chi connectivity index (χ0) is 43.5. The average Bonchev–Trinajstić information content (AvgIpc) is 3.71. The predicted molar refractivity (Wildman–Crippen MR) is 268 cm³/mol. The Balaban J connectivity index is 0.898. The molecule has 4 nitrogen and oxygen atoms in total. The second-order valence-corrected chi connectivity index (χ2v) is 18.2. The van der Waals surface area contributed by atoms with Crippen LogP contribution >= 0.6 is 0 Å². The molecule has 0 saturated heterocycles. The van der Waals surface area contributed by atoms with E-state index < -0.39 is 5.41 Å². The lowest BCUT2D eigenvalue weighted by atomic mass is 9.53. The maximum atomic E-state index is 3.83. The number of hydrogen-bond donors (Lipinski definition) is 3. The van der Waals surface area contributed by atoms with Gasteiger partial charge in [0.25, 0.3) is 0 Å². The van der Waals surface area contributed by atoms with Crippen LogP contribution in [0.5, 0.6) is 0 Å². The van der Waals surface area contributed by atoms with E-state index in [1.165, 1.54) is 94.3 Å². The monoisotopic (exact) mass is 838 g/mol. The third kappa shape index (κ3) is 6.32. The maximum Gasteiger partial charge on any atom is 0.0966 e. The number of benzene rings is 9. The fraction of sp³-hybridized carbons (Fsp3) is 0.115. The lowest BCUT2D eigenvalue weighted by Crippen LogP contribution is -2.44. The Bertz CT molecular complexity index is 3370. The van der Waals surface area contributed by atoms with Gasteiger partial charge in [0.15, 0.2) is 0 Å². The lowest BCUT2D eigenvalue weighted by Gasteiger charge is -2.50. The third-order valence-corrected chi connectivity index (χ3v) is 14.3. The molecule has 0 radical (unpaired) electrons. The Morgan fingerprint density at radius 2 is 0.985 bits per heavy atom. The second kappa shape index (κ2) is 15.7. The van der Waals surface area contributed by atoms with Crippen molar-refractivity contribution in [2.75, 3.05) is 0 Å². The van der Waals surface area contributed by atoms with E-state index in [1.807, 2.05) is 0 Å². The smallest absolute Gasteiger partial charge is 0.0966 e. The highest BCUT2D eigenvalue weighted by molar-refractivity contribution is 6.12. The van der Waals surface area contributed by atoms with E-state index in [9.17, 15) is 0 Å². The first kappa shape index (κ1) is 39.3. The van der Waals surface area contributed by atoms with Gasteiger partial charge in [-0.1, -0.05) is 220 Å². The molecule has 0 bridgehead atoms. The molecule has 65 heavy (non-hydrogen) atoms. The number of rotatable bonds is 10. The van der Waals surface area contributed by atoms with Crippen LogP contribution in [0.1, 0.15) is 70.1 Å². The van der Waals surface area contributed by atoms with Gasteiger partial charge in [-0.2, -0.15) is 0 Å². The second-order valence-electron chi connectivity index (χ2n) is 18.2. The molecule has 2 unspecified atom stereocenters. The fourth-order valence-electron chi connectivity index (χ4n) is 11.1. The highest BCUT2D eigenvalue weighted by Gasteiger charge is 2.52. The summed E-state index contributed by atoms with van der Waals surface area (Å²) in [6, 6.07) is 80.4. The van der Waals surface area contributed by atoms with Crippen LogP contribution in [0.15, 0.2) is 218 Å². The molecule has 10 aromatic rings. The van der Waals surface area contributed by atoms with Gasteiger partial charge in [0.05, 0.1) is 28.3 Å². The highest BCUT2D eigenvalue weighted by Crippen LogP contribution is 2.60. The van der Waals surface area contributed by atoms with Crippen molar-refractivity contribution >= 4 is 21.8 Å². The molecule has 0 amide bonds. The number of nitrogens with one attached hydrogen (secondary N) is 3. The van der Waals surface area contributed by atoms with Crippen LogP contribution < -0.4 is 16.2 Å². The van der Waals surface area contributed by atoms with Gasteiger partial charge in [-0.05, 0) is 84.5 Å². The number of aromatic nitrogens is 1. The average molecular weight is 839 g/mol. The van der Waals surface area contributed by atoms with Gasteiger partial charge in [0, 0.05) is 29.3 Å². The molecule has 0 saturated carbocycles. The third-order valence-electron chi connectivity index (χ3n) is 14.3. The van der Waals surface area contributed by atoms with Gasteiger partial charge in [-0.25, -0.2) is 5.43 Å². The topological polar surface area (TPSA) is 41.0 Å². The molecule has 2 heterocycles. The molecule has 1 aliphatic carbocycles. The molecule has 2 atom stereocenters. The molecule has 1 aliphatic heterocycles. The van der Waals surface area contributed by atoms with Gasteiger partial charge < -0.3 is 4.57 Å². The number of hydrogen-bond acceptors (Lipinski definition) is 3. The molecule has 3 N–H and O–H groups in total. The molecule has 4 heteroatoms. The van der Waals surface area contributed by atoms with E-state index in [0.717, 1.165) is 5.56 Å². The van der Waals surface area contributed by atoms with Crippen LogP contribution in [0.2, 0.25) is 0 Å². The molecule has 2 aliphatic rings. The first-order chi connectivity index (χ1) is 32.0. The molecular weight excluding hydrogens is 789 g/mol. The minimum atomic E-state index is -0.508. The minimum absolute atomic E-state index is 0.149. The van der Waals surface area contributed by atoms with Gasteiger partial charge in [0.1, 0.15) is 0 Å². The standard InChI is InChI=1S/C61H50N4/c1-60(2)50-22-10-11-23-51(50)61(53-24-12-14-27-57(53)65-56-26-13-9-20-48(56)49-21-15-25-54(61)58(49)65)52-37-30-42(38-55(52)60)40-63-64-59(47-35-33-46(34-36-47)44-18-7-4-8-19-44)62-39-41-28-31-45(32-29-41)43-16-5-3-6-17-43/h3-38,59,62-64H,39-40H2,1-2H3. The van der Waals surface area contributed by atoms with E-state index >= 15 is 0 Å². The van der Waals surface area contributed by atoms with E-state index in [1.54, 1.807) is 0 Å². The van der Waals surface area contributed by atoms with Crippen molar-refractivity contribution in [3.8, 4) is 27.9 Å². The largest absolute Gasteiger partial charge is 0.309 e. The summed E-state index contributed by atoms with van der Waals surface area (Å²) >= 11 is 0. The van der Waals surface area contributed by atoms with Crippen LogP contribution in [0, 0.1) is 0 Å². The Kier molecular flexibility index (Phi) is 9.50. The Morgan fingerprint density at radius 3 is 1.72 bits per heavy atom. The summed E-state index contributed by atoms with van der Waals surface area (Å²) in [6.45, 7) is 6.16. The summed E-state index contributed by atoms with van der Waals surface area (Å²) in [5, 5.41) is 6.41. The van der Waals surface area contributed by atoms with Crippen molar-refractivity contribution in [3.05, 3.63) is 268 Å². The Labute approximate surface area is 381 Å². The van der Waals surface area contributed by atoms with Crippen molar-refractivity contribution in [2.24, 2.45) is 0 Å². The van der Waals surface area contributed by atoms with Gasteiger partial charge in [-0.3, -0.25) is 10.7 Å². The summed E-state index contributed by atoms with van der Waals surface area (Å²) < 4.78 is 2.52. The van der Waals surface area contributed by atoms with Crippen molar-refractivity contribution in [3.63, 3.8) is 0 Å². The molecular formula is C61H50N4. The molecule has 314 valence electrons. The van der Waals surface area contributed by atoms with E-state index in [4.69, 9.17) is 0 Å². The van der Waals surface area contributed by atoms with Gasteiger partial charge >= 0.3 is 0 Å². The van der Waals surface area contributed by atoms with Crippen LogP contribution in [0.25, 0.3) is 49.7 Å². The van der Waals surface area contributed by atoms with E-state index in [-0.39, 0.29) is 11.6 Å². The number of hydrazine groups is 1.